The highest BCUT2D eigenvalue weighted by Gasteiger charge is 2.19. The molecule has 0 saturated heterocycles. The second-order valence-corrected chi connectivity index (χ2v) is 5.89. The third-order valence-corrected chi connectivity index (χ3v) is 3.90. The lowest BCUT2D eigenvalue weighted by atomic mass is 10.2. The van der Waals surface area contributed by atoms with E-state index in [1.165, 1.54) is 16.7 Å². The van der Waals surface area contributed by atoms with Crippen LogP contribution in [-0.2, 0) is 5.88 Å². The van der Waals surface area contributed by atoms with E-state index in [1.54, 1.807) is 0 Å². The standard InChI is InChI=1S/C15H10BrClF2N2/c1-8-2-3-12-13(4-8)21(14(7-17)20-12)15-10(18)5-9(16)6-11(15)19/h2-6H,7H2,1H3. The molecule has 0 unspecified atom stereocenters. The smallest absolute Gasteiger partial charge is 0.151 e. The largest absolute Gasteiger partial charge is 0.290 e. The van der Waals surface area contributed by atoms with Gasteiger partial charge in [0, 0.05) is 4.47 Å². The topological polar surface area (TPSA) is 17.8 Å². The second-order valence-electron chi connectivity index (χ2n) is 4.71. The van der Waals surface area contributed by atoms with Crippen molar-refractivity contribution in [2.24, 2.45) is 0 Å². The fourth-order valence-electron chi connectivity index (χ4n) is 2.32. The maximum Gasteiger partial charge on any atom is 0.151 e. The van der Waals surface area contributed by atoms with Crippen molar-refractivity contribution in [1.82, 2.24) is 9.55 Å². The molecule has 1 heterocycles. The van der Waals surface area contributed by atoms with Gasteiger partial charge in [0.05, 0.1) is 16.9 Å². The number of halogens is 4. The van der Waals surface area contributed by atoms with Crippen molar-refractivity contribution in [3.63, 3.8) is 0 Å². The van der Waals surface area contributed by atoms with Gasteiger partial charge in [0.2, 0.25) is 0 Å². The Labute approximate surface area is 133 Å². The fourth-order valence-corrected chi connectivity index (χ4v) is 2.90. The molecule has 0 N–H and O–H groups in total. The Morgan fingerprint density at radius 2 is 1.86 bits per heavy atom. The van der Waals surface area contributed by atoms with Crippen LogP contribution in [0.2, 0.25) is 0 Å². The first-order chi connectivity index (χ1) is 10.0. The number of hydrogen-bond donors (Lipinski definition) is 0. The molecule has 2 nitrogen and oxygen atoms in total. The number of aryl methyl sites for hydroxylation is 1. The van der Waals surface area contributed by atoms with Crippen LogP contribution in [-0.4, -0.2) is 9.55 Å². The van der Waals surface area contributed by atoms with E-state index < -0.39 is 11.6 Å². The molecule has 3 rings (SSSR count). The highest BCUT2D eigenvalue weighted by Crippen LogP contribution is 2.29. The van der Waals surface area contributed by atoms with Crippen LogP contribution in [0, 0.1) is 18.6 Å². The fraction of sp³-hybridized carbons (Fsp3) is 0.133. The van der Waals surface area contributed by atoms with Crippen molar-refractivity contribution in [2.75, 3.05) is 0 Å². The number of imidazole rings is 1. The first-order valence-corrected chi connectivity index (χ1v) is 7.53. The summed E-state index contributed by atoms with van der Waals surface area (Å²) < 4.78 is 30.3. The van der Waals surface area contributed by atoms with E-state index in [2.05, 4.69) is 20.9 Å². The summed E-state index contributed by atoms with van der Waals surface area (Å²) in [6, 6.07) is 7.98. The highest BCUT2D eigenvalue weighted by atomic mass is 79.9. The number of benzene rings is 2. The molecule has 21 heavy (non-hydrogen) atoms. The average molecular weight is 372 g/mol. The van der Waals surface area contributed by atoms with E-state index in [0.29, 0.717) is 21.3 Å². The quantitative estimate of drug-likeness (QED) is 0.572. The van der Waals surface area contributed by atoms with Crippen LogP contribution in [0.4, 0.5) is 8.78 Å². The van der Waals surface area contributed by atoms with E-state index in [0.717, 1.165) is 5.56 Å². The lowest BCUT2D eigenvalue weighted by Gasteiger charge is -2.11. The molecule has 0 saturated carbocycles. The number of alkyl halides is 1. The summed E-state index contributed by atoms with van der Waals surface area (Å²) in [4.78, 5) is 4.34. The molecule has 0 aliphatic carbocycles. The molecule has 2 aromatic carbocycles. The van der Waals surface area contributed by atoms with Gasteiger partial charge in [-0.25, -0.2) is 13.8 Å². The van der Waals surface area contributed by atoms with E-state index in [9.17, 15) is 8.78 Å². The first kappa shape index (κ1) is 14.5. The van der Waals surface area contributed by atoms with E-state index in [-0.39, 0.29) is 11.6 Å². The Bertz CT molecular complexity index is 822. The summed E-state index contributed by atoms with van der Waals surface area (Å²) in [5.74, 6) is -0.886. The second kappa shape index (κ2) is 5.39. The zero-order chi connectivity index (χ0) is 15.1. The van der Waals surface area contributed by atoms with E-state index in [4.69, 9.17) is 11.6 Å². The van der Waals surface area contributed by atoms with E-state index in [1.807, 2.05) is 25.1 Å². The molecular weight excluding hydrogens is 362 g/mol. The highest BCUT2D eigenvalue weighted by molar-refractivity contribution is 9.10. The average Bonchev–Trinajstić information content (AvgIpc) is 2.76. The Kier molecular flexibility index (Phi) is 3.71. The van der Waals surface area contributed by atoms with Crippen LogP contribution in [0.15, 0.2) is 34.8 Å². The summed E-state index contributed by atoms with van der Waals surface area (Å²) in [6.07, 6.45) is 0. The molecular formula is C15H10BrClF2N2. The summed E-state index contributed by atoms with van der Waals surface area (Å²) >= 11 is 8.97. The Hall–Kier alpha value is -1.46. The van der Waals surface area contributed by atoms with Gasteiger partial charge in [0.15, 0.2) is 11.6 Å². The van der Waals surface area contributed by atoms with Gasteiger partial charge in [0.1, 0.15) is 11.5 Å². The van der Waals surface area contributed by atoms with E-state index >= 15 is 0 Å². The lowest BCUT2D eigenvalue weighted by molar-refractivity contribution is 0.567. The van der Waals surface area contributed by atoms with Crippen LogP contribution in [0.1, 0.15) is 11.4 Å². The van der Waals surface area contributed by atoms with Gasteiger partial charge in [0.25, 0.3) is 0 Å². The Balaban J connectivity index is 2.41. The van der Waals surface area contributed by atoms with Gasteiger partial charge in [-0.05, 0) is 36.8 Å². The van der Waals surface area contributed by atoms with Crippen molar-refractivity contribution < 1.29 is 8.78 Å². The number of aromatic nitrogens is 2. The van der Waals surface area contributed by atoms with Crippen LogP contribution in [0.25, 0.3) is 16.7 Å². The molecule has 0 aliphatic heterocycles. The summed E-state index contributed by atoms with van der Waals surface area (Å²) in [5, 5.41) is 0. The van der Waals surface area contributed by atoms with Gasteiger partial charge in [-0.15, -0.1) is 11.6 Å². The molecule has 0 bridgehead atoms. The van der Waals surface area contributed by atoms with Crippen LogP contribution in [0.3, 0.4) is 0 Å². The van der Waals surface area contributed by atoms with Crippen LogP contribution >= 0.6 is 27.5 Å². The minimum Gasteiger partial charge on any atom is -0.290 e. The molecule has 6 heteroatoms. The van der Waals surface area contributed by atoms with Crippen LogP contribution in [0.5, 0.6) is 0 Å². The number of hydrogen-bond acceptors (Lipinski definition) is 1. The SMILES string of the molecule is Cc1ccc2nc(CCl)n(-c3c(F)cc(Br)cc3F)c2c1. The molecule has 108 valence electrons. The molecule has 0 spiro atoms. The van der Waals surface area contributed by atoms with Crippen molar-refractivity contribution in [3.8, 4) is 5.69 Å². The molecule has 0 amide bonds. The molecule has 1 aromatic heterocycles. The minimum atomic E-state index is -0.672. The van der Waals surface area contributed by atoms with Crippen molar-refractivity contribution in [2.45, 2.75) is 12.8 Å². The van der Waals surface area contributed by atoms with Gasteiger partial charge in [-0.2, -0.15) is 0 Å². The lowest BCUT2D eigenvalue weighted by Crippen LogP contribution is -2.05. The molecule has 0 aliphatic rings. The van der Waals surface area contributed by atoms with Gasteiger partial charge in [-0.3, -0.25) is 4.57 Å². The summed E-state index contributed by atoms with van der Waals surface area (Å²) in [7, 11) is 0. The normalized spacial score (nSPS) is 11.3. The number of rotatable bonds is 2. The van der Waals surface area contributed by atoms with Crippen molar-refractivity contribution in [1.29, 1.82) is 0 Å². The summed E-state index contributed by atoms with van der Waals surface area (Å²) in [6.45, 7) is 1.91. The Morgan fingerprint density at radius 3 is 2.48 bits per heavy atom. The Morgan fingerprint density at radius 1 is 1.19 bits per heavy atom. The molecule has 0 radical (unpaired) electrons. The number of nitrogens with zero attached hydrogens (tertiary/aromatic N) is 2. The molecule has 0 atom stereocenters. The molecule has 0 fully saturated rings. The van der Waals surface area contributed by atoms with Gasteiger partial charge in [-0.1, -0.05) is 22.0 Å². The zero-order valence-corrected chi connectivity index (χ0v) is 13.3. The maximum atomic E-state index is 14.3. The monoisotopic (exact) mass is 370 g/mol. The van der Waals surface area contributed by atoms with Crippen molar-refractivity contribution >= 4 is 38.6 Å². The van der Waals surface area contributed by atoms with Crippen LogP contribution < -0.4 is 0 Å². The first-order valence-electron chi connectivity index (χ1n) is 6.20. The third kappa shape index (κ3) is 2.45. The van der Waals surface area contributed by atoms with Gasteiger partial charge >= 0.3 is 0 Å². The molecule has 3 aromatic rings. The zero-order valence-electron chi connectivity index (χ0n) is 11.0. The predicted octanol–water partition coefficient (Wildman–Crippen LogP) is 5.11. The van der Waals surface area contributed by atoms with Gasteiger partial charge < -0.3 is 0 Å². The predicted molar refractivity (Wildman–Crippen MR) is 83.0 cm³/mol. The minimum absolute atomic E-state index is 0.0582. The maximum absolute atomic E-state index is 14.3. The number of fused-ring (bicyclic) bond motifs is 1. The van der Waals surface area contributed by atoms with Crippen molar-refractivity contribution in [3.05, 3.63) is 57.8 Å². The third-order valence-electron chi connectivity index (χ3n) is 3.20. The summed E-state index contributed by atoms with van der Waals surface area (Å²) in [5.41, 5.74) is 2.09.